The Kier molecular flexibility index (Phi) is 13.1. The summed E-state index contributed by atoms with van der Waals surface area (Å²) in [6.07, 6.45) is 7.00. The van der Waals surface area contributed by atoms with Crippen LogP contribution in [0.4, 0.5) is 0 Å². The van der Waals surface area contributed by atoms with E-state index in [2.05, 4.69) is 116 Å². The first kappa shape index (κ1) is 38.5. The molecule has 0 fully saturated rings. The maximum absolute atomic E-state index is 12.3. The number of ether oxygens (including phenoxy) is 2. The van der Waals surface area contributed by atoms with Gasteiger partial charge in [0.15, 0.2) is 8.32 Å². The van der Waals surface area contributed by atoms with Crippen LogP contribution < -0.4 is 15.1 Å². The highest BCUT2D eigenvalue weighted by Crippen LogP contribution is 2.39. The average molecular weight is 673 g/mol. The molecule has 0 unspecified atom stereocenters. The molecule has 1 N–H and O–H groups in total. The third kappa shape index (κ3) is 9.35. The first-order valence-corrected chi connectivity index (χ1v) is 21.3. The van der Waals surface area contributed by atoms with Crippen LogP contribution in [0.2, 0.25) is 23.2 Å². The lowest BCUT2D eigenvalue weighted by Gasteiger charge is -2.44. The van der Waals surface area contributed by atoms with Crippen LogP contribution in [-0.4, -0.2) is 53.3 Å². The number of terminal acetylenes is 1. The second kappa shape index (κ2) is 16.0. The molecular weight excluding hydrogens is 617 g/mol. The SMILES string of the molecule is C#C[C@@H](C[C@@H](OCc1ccc(OC)cc1)[C@](O)(C=C)CCO[Si](c1ccccc1)(c1ccccc1)C(C)(C)C)O[Si](C)(C)C(C)(C)C. The summed E-state index contributed by atoms with van der Waals surface area (Å²) >= 11 is 0. The average Bonchev–Trinajstić information content (AvgIpc) is 3.04. The zero-order chi connectivity index (χ0) is 34.9. The van der Waals surface area contributed by atoms with Crippen molar-refractivity contribution in [2.75, 3.05) is 13.7 Å². The lowest BCUT2D eigenvalue weighted by molar-refractivity contribution is -0.107. The fraction of sp³-hybridized carbons (Fsp3) is 0.450. The molecular formula is C40H56O5Si2. The monoisotopic (exact) mass is 672 g/mol. The number of hydrogen-bond donors (Lipinski definition) is 1. The molecule has 0 spiro atoms. The topological polar surface area (TPSA) is 57.2 Å². The van der Waals surface area contributed by atoms with Gasteiger partial charge in [-0.3, -0.25) is 0 Å². The molecule has 0 aliphatic carbocycles. The van der Waals surface area contributed by atoms with Gasteiger partial charge in [0.2, 0.25) is 0 Å². The van der Waals surface area contributed by atoms with Crippen molar-refractivity contribution in [2.45, 2.75) is 102 Å². The third-order valence-electron chi connectivity index (χ3n) is 9.62. The van der Waals surface area contributed by atoms with Crippen LogP contribution in [0.5, 0.6) is 5.75 Å². The molecule has 3 atom stereocenters. The fourth-order valence-corrected chi connectivity index (χ4v) is 11.5. The van der Waals surface area contributed by atoms with Crippen LogP contribution in [0, 0.1) is 12.3 Å². The summed E-state index contributed by atoms with van der Waals surface area (Å²) in [6, 6.07) is 28.7. The van der Waals surface area contributed by atoms with Crippen molar-refractivity contribution in [3.8, 4) is 18.1 Å². The summed E-state index contributed by atoms with van der Waals surface area (Å²) in [5.74, 6) is 3.63. The van der Waals surface area contributed by atoms with Gasteiger partial charge in [-0.1, -0.05) is 126 Å². The minimum Gasteiger partial charge on any atom is -0.497 e. The Labute approximate surface area is 286 Å². The largest absolute Gasteiger partial charge is 0.497 e. The van der Waals surface area contributed by atoms with Gasteiger partial charge < -0.3 is 23.4 Å². The summed E-state index contributed by atoms with van der Waals surface area (Å²) < 4.78 is 25.7. The molecule has 0 heterocycles. The first-order valence-electron chi connectivity index (χ1n) is 16.5. The van der Waals surface area contributed by atoms with Gasteiger partial charge in [-0.05, 0) is 51.2 Å². The van der Waals surface area contributed by atoms with Crippen molar-refractivity contribution >= 4 is 27.0 Å². The first-order chi connectivity index (χ1) is 22.0. The predicted octanol–water partition coefficient (Wildman–Crippen LogP) is 7.88. The van der Waals surface area contributed by atoms with E-state index in [-0.39, 0.29) is 23.1 Å². The Balaban J connectivity index is 1.96. The van der Waals surface area contributed by atoms with E-state index in [0.717, 1.165) is 11.3 Å². The van der Waals surface area contributed by atoms with E-state index in [1.54, 1.807) is 13.2 Å². The second-order valence-electron chi connectivity index (χ2n) is 14.9. The molecule has 254 valence electrons. The van der Waals surface area contributed by atoms with Gasteiger partial charge in [0.1, 0.15) is 17.5 Å². The van der Waals surface area contributed by atoms with E-state index in [1.807, 2.05) is 36.4 Å². The molecule has 3 aromatic rings. The van der Waals surface area contributed by atoms with Crippen LogP contribution in [0.15, 0.2) is 97.6 Å². The Hall–Kier alpha value is -2.97. The van der Waals surface area contributed by atoms with Crippen LogP contribution >= 0.6 is 0 Å². The van der Waals surface area contributed by atoms with Crippen LogP contribution in [0.1, 0.15) is 59.9 Å². The molecule has 5 nitrogen and oxygen atoms in total. The van der Waals surface area contributed by atoms with E-state index in [9.17, 15) is 5.11 Å². The molecule has 7 heteroatoms. The van der Waals surface area contributed by atoms with Crippen LogP contribution in [0.3, 0.4) is 0 Å². The van der Waals surface area contributed by atoms with E-state index < -0.39 is 34.4 Å². The van der Waals surface area contributed by atoms with Crippen LogP contribution in [0.25, 0.3) is 0 Å². The van der Waals surface area contributed by atoms with Gasteiger partial charge in [-0.2, -0.15) is 0 Å². The summed E-state index contributed by atoms with van der Waals surface area (Å²) in [7, 11) is -3.38. The maximum atomic E-state index is 12.3. The molecule has 0 saturated carbocycles. The van der Waals surface area contributed by atoms with Gasteiger partial charge in [0, 0.05) is 19.4 Å². The van der Waals surface area contributed by atoms with Crippen molar-refractivity contribution in [3.05, 3.63) is 103 Å². The van der Waals surface area contributed by atoms with Crippen molar-refractivity contribution in [1.29, 1.82) is 0 Å². The van der Waals surface area contributed by atoms with Crippen molar-refractivity contribution < 1.29 is 23.4 Å². The highest BCUT2D eigenvalue weighted by atomic mass is 28.4. The van der Waals surface area contributed by atoms with E-state index in [0.29, 0.717) is 13.0 Å². The molecule has 3 rings (SSSR count). The quantitative estimate of drug-likeness (QED) is 0.0954. The van der Waals surface area contributed by atoms with Crippen molar-refractivity contribution in [1.82, 2.24) is 0 Å². The number of rotatable bonds is 16. The summed E-state index contributed by atoms with van der Waals surface area (Å²) in [4.78, 5) is 0. The highest BCUT2D eigenvalue weighted by Gasteiger charge is 2.50. The van der Waals surface area contributed by atoms with Gasteiger partial charge >= 0.3 is 0 Å². The molecule has 0 radical (unpaired) electrons. The van der Waals surface area contributed by atoms with Crippen LogP contribution in [-0.2, 0) is 20.2 Å². The number of aliphatic hydroxyl groups is 1. The minimum atomic E-state index is -2.82. The maximum Gasteiger partial charge on any atom is 0.261 e. The third-order valence-corrected chi connectivity index (χ3v) is 19.1. The molecule has 0 saturated heterocycles. The van der Waals surface area contributed by atoms with Crippen molar-refractivity contribution in [3.63, 3.8) is 0 Å². The highest BCUT2D eigenvalue weighted by molar-refractivity contribution is 6.99. The fourth-order valence-electron chi connectivity index (χ4n) is 5.74. The normalized spacial score (nSPS) is 15.3. The predicted molar refractivity (Wildman–Crippen MR) is 200 cm³/mol. The smallest absolute Gasteiger partial charge is 0.261 e. The Morgan fingerprint density at radius 3 is 1.81 bits per heavy atom. The Morgan fingerprint density at radius 1 is 0.851 bits per heavy atom. The molecule has 0 bridgehead atoms. The van der Waals surface area contributed by atoms with Gasteiger partial charge in [0.05, 0.1) is 19.8 Å². The second-order valence-corrected chi connectivity index (χ2v) is 23.9. The van der Waals surface area contributed by atoms with E-state index in [4.69, 9.17) is 24.7 Å². The van der Waals surface area contributed by atoms with Crippen molar-refractivity contribution in [2.24, 2.45) is 0 Å². The summed E-state index contributed by atoms with van der Waals surface area (Å²) in [5, 5.41) is 14.5. The van der Waals surface area contributed by atoms with Gasteiger partial charge in [-0.15, -0.1) is 13.0 Å². The molecule has 0 aromatic heterocycles. The number of benzene rings is 3. The Bertz CT molecular complexity index is 1400. The summed E-state index contributed by atoms with van der Waals surface area (Å²) in [5.41, 5.74) is -0.489. The van der Waals surface area contributed by atoms with Gasteiger partial charge in [0.25, 0.3) is 8.32 Å². The van der Waals surface area contributed by atoms with E-state index >= 15 is 0 Å². The lowest BCUT2D eigenvalue weighted by Crippen LogP contribution is -2.66. The molecule has 47 heavy (non-hydrogen) atoms. The molecule has 0 amide bonds. The van der Waals surface area contributed by atoms with Gasteiger partial charge in [-0.25, -0.2) is 0 Å². The molecule has 0 aliphatic heterocycles. The number of hydrogen-bond acceptors (Lipinski definition) is 5. The summed E-state index contributed by atoms with van der Waals surface area (Å²) in [6.45, 7) is 22.3. The standard InChI is InChI=1S/C40H56O5Si2/c1-12-33(45-46(10,11)38(3,4)5)30-37(43-31-32-24-26-34(42-9)27-25-32)40(41,13-2)28-29-44-47(39(6,7)8,35-20-16-14-17-21-35)36-22-18-15-19-23-36/h1,13-27,33,37,41H,2,28-31H2,3-11H3/t33-,37+,40-/m0/s1. The zero-order valence-electron chi connectivity index (χ0n) is 30.0. The van der Waals surface area contributed by atoms with E-state index in [1.165, 1.54) is 10.4 Å². The Morgan fingerprint density at radius 2 is 1.38 bits per heavy atom. The lowest BCUT2D eigenvalue weighted by atomic mass is 9.89. The molecule has 3 aromatic carbocycles. The zero-order valence-corrected chi connectivity index (χ0v) is 32.0. The molecule has 0 aliphatic rings. The minimum absolute atomic E-state index is 0.0279. The number of methoxy groups -OCH3 is 1.